The molecule has 1 aromatic heterocycles. The van der Waals surface area contributed by atoms with Gasteiger partial charge in [0.1, 0.15) is 12.1 Å². The van der Waals surface area contributed by atoms with Crippen LogP contribution in [0.4, 0.5) is 5.69 Å². The van der Waals surface area contributed by atoms with E-state index in [2.05, 4.69) is 5.32 Å². The number of nitrogens with one attached hydrogen (secondary N) is 1. The summed E-state index contributed by atoms with van der Waals surface area (Å²) in [6.45, 7) is 3.90. The first kappa shape index (κ1) is 20.3. The molecule has 2 heterocycles. The standard InChI is InChI=1S/C24H24N2O3S/c1-24(2)23(28)26(29-16-17-9-4-3-5-10-17)20(15-21(27)22-13-8-14-30-22)18-11-6-7-12-19(18)25-24/h3-14,20,25H,15-16H2,1-2H3. The van der Waals surface area contributed by atoms with E-state index >= 15 is 0 Å². The summed E-state index contributed by atoms with van der Waals surface area (Å²) in [4.78, 5) is 33.2. The zero-order valence-electron chi connectivity index (χ0n) is 17.0. The molecule has 3 aromatic rings. The zero-order valence-corrected chi connectivity index (χ0v) is 17.8. The lowest BCUT2D eigenvalue weighted by Crippen LogP contribution is -2.49. The molecule has 2 aromatic carbocycles. The van der Waals surface area contributed by atoms with Gasteiger partial charge in [0.2, 0.25) is 0 Å². The maximum Gasteiger partial charge on any atom is 0.271 e. The maximum absolute atomic E-state index is 13.5. The largest absolute Gasteiger partial charge is 0.371 e. The minimum atomic E-state index is -0.881. The van der Waals surface area contributed by atoms with E-state index in [0.717, 1.165) is 16.8 Å². The number of hydrogen-bond donors (Lipinski definition) is 1. The van der Waals surface area contributed by atoms with Gasteiger partial charge in [0.05, 0.1) is 10.9 Å². The molecule has 154 valence electrons. The van der Waals surface area contributed by atoms with Crippen LogP contribution in [0.3, 0.4) is 0 Å². The van der Waals surface area contributed by atoms with Crippen LogP contribution in [0.1, 0.15) is 47.1 Å². The molecule has 30 heavy (non-hydrogen) atoms. The second-order valence-corrected chi connectivity index (χ2v) is 8.80. The molecule has 4 rings (SSSR count). The number of hydroxylamine groups is 2. The van der Waals surface area contributed by atoms with Gasteiger partial charge in [-0.2, -0.15) is 0 Å². The van der Waals surface area contributed by atoms with Crippen LogP contribution < -0.4 is 5.32 Å². The fraction of sp³-hybridized carbons (Fsp3) is 0.250. The third kappa shape index (κ3) is 4.15. The first-order valence-electron chi connectivity index (χ1n) is 9.90. The van der Waals surface area contributed by atoms with E-state index in [0.29, 0.717) is 4.88 Å². The topological polar surface area (TPSA) is 58.6 Å². The van der Waals surface area contributed by atoms with Gasteiger partial charge in [0.15, 0.2) is 5.78 Å². The number of carbonyl (C=O) groups excluding carboxylic acids is 2. The molecule has 1 unspecified atom stereocenters. The van der Waals surface area contributed by atoms with Crippen LogP contribution in [-0.2, 0) is 16.2 Å². The number of fused-ring (bicyclic) bond motifs is 1. The van der Waals surface area contributed by atoms with Crippen LogP contribution >= 0.6 is 11.3 Å². The highest BCUT2D eigenvalue weighted by atomic mass is 32.1. The Morgan fingerprint density at radius 1 is 1.07 bits per heavy atom. The number of para-hydroxylation sites is 1. The predicted octanol–water partition coefficient (Wildman–Crippen LogP) is 5.23. The van der Waals surface area contributed by atoms with Gasteiger partial charge in [-0.25, -0.2) is 5.06 Å². The van der Waals surface area contributed by atoms with Gasteiger partial charge < -0.3 is 5.32 Å². The summed E-state index contributed by atoms with van der Waals surface area (Å²) >= 11 is 1.41. The van der Waals surface area contributed by atoms with Crippen LogP contribution in [-0.4, -0.2) is 22.3 Å². The molecule has 1 atom stereocenters. The number of carbonyl (C=O) groups is 2. The van der Waals surface area contributed by atoms with Crippen molar-refractivity contribution in [3.05, 3.63) is 88.1 Å². The Bertz CT molecular complexity index is 1030. The number of amides is 1. The van der Waals surface area contributed by atoms with Crippen molar-refractivity contribution in [2.75, 3.05) is 5.32 Å². The van der Waals surface area contributed by atoms with Crippen LogP contribution in [0.15, 0.2) is 72.1 Å². The summed E-state index contributed by atoms with van der Waals surface area (Å²) in [5, 5.41) is 6.62. The number of ketones is 1. The number of thiophene rings is 1. The molecule has 0 aliphatic carbocycles. The van der Waals surface area contributed by atoms with E-state index in [1.54, 1.807) is 0 Å². The number of anilines is 1. The van der Waals surface area contributed by atoms with Crippen molar-refractivity contribution in [3.63, 3.8) is 0 Å². The Morgan fingerprint density at radius 3 is 2.53 bits per heavy atom. The summed E-state index contributed by atoms with van der Waals surface area (Å²) in [5.41, 5.74) is 1.78. The highest BCUT2D eigenvalue weighted by Gasteiger charge is 2.42. The van der Waals surface area contributed by atoms with Crippen molar-refractivity contribution >= 4 is 28.7 Å². The Morgan fingerprint density at radius 2 is 1.80 bits per heavy atom. The number of nitrogens with zero attached hydrogens (tertiary/aromatic N) is 1. The zero-order chi connectivity index (χ0) is 21.1. The van der Waals surface area contributed by atoms with Crippen molar-refractivity contribution in [1.82, 2.24) is 5.06 Å². The second-order valence-electron chi connectivity index (χ2n) is 7.85. The average Bonchev–Trinajstić information content (AvgIpc) is 3.26. The molecule has 0 saturated carbocycles. The van der Waals surface area contributed by atoms with Gasteiger partial charge in [-0.15, -0.1) is 11.3 Å². The van der Waals surface area contributed by atoms with E-state index in [4.69, 9.17) is 4.84 Å². The molecular weight excluding hydrogens is 396 g/mol. The van der Waals surface area contributed by atoms with E-state index < -0.39 is 11.6 Å². The lowest BCUT2D eigenvalue weighted by atomic mass is 9.99. The van der Waals surface area contributed by atoms with Gasteiger partial charge in [-0.1, -0.05) is 54.6 Å². The SMILES string of the molecule is CC1(C)Nc2ccccc2C(CC(=O)c2cccs2)N(OCc2ccccc2)C1=O. The molecule has 0 bridgehead atoms. The van der Waals surface area contributed by atoms with Crippen molar-refractivity contribution < 1.29 is 14.4 Å². The highest BCUT2D eigenvalue weighted by molar-refractivity contribution is 7.12. The third-order valence-corrected chi connectivity index (χ3v) is 6.08. The van der Waals surface area contributed by atoms with Crippen LogP contribution in [0.5, 0.6) is 0 Å². The molecule has 0 spiro atoms. The van der Waals surface area contributed by atoms with Gasteiger partial charge in [0, 0.05) is 17.7 Å². The molecule has 1 aliphatic rings. The summed E-state index contributed by atoms with van der Waals surface area (Å²) in [5.74, 6) is -0.218. The quantitative estimate of drug-likeness (QED) is 0.555. The van der Waals surface area contributed by atoms with E-state index in [1.165, 1.54) is 16.4 Å². The van der Waals surface area contributed by atoms with E-state index in [-0.39, 0.29) is 24.7 Å². The van der Waals surface area contributed by atoms with Crippen molar-refractivity contribution in [3.8, 4) is 0 Å². The van der Waals surface area contributed by atoms with E-state index in [9.17, 15) is 9.59 Å². The normalized spacial score (nSPS) is 17.7. The fourth-order valence-corrected chi connectivity index (χ4v) is 4.28. The maximum atomic E-state index is 13.5. The highest BCUT2D eigenvalue weighted by Crippen LogP contribution is 2.38. The molecule has 0 fully saturated rings. The van der Waals surface area contributed by atoms with Gasteiger partial charge in [-0.05, 0) is 36.9 Å². The number of rotatable bonds is 6. The van der Waals surface area contributed by atoms with Crippen molar-refractivity contribution in [1.29, 1.82) is 0 Å². The molecule has 6 heteroatoms. The molecular formula is C24H24N2O3S. The van der Waals surface area contributed by atoms with Crippen molar-refractivity contribution in [2.45, 2.75) is 38.5 Å². The van der Waals surface area contributed by atoms with Crippen molar-refractivity contribution in [2.24, 2.45) is 0 Å². The minimum Gasteiger partial charge on any atom is -0.371 e. The monoisotopic (exact) mass is 420 g/mol. The molecule has 1 N–H and O–H groups in total. The number of Topliss-reactive ketones (excluding diaryl/α,β-unsaturated/α-hetero) is 1. The molecule has 5 nitrogen and oxygen atoms in total. The number of hydrogen-bond acceptors (Lipinski definition) is 5. The predicted molar refractivity (Wildman–Crippen MR) is 118 cm³/mol. The Kier molecular flexibility index (Phi) is 5.70. The summed E-state index contributed by atoms with van der Waals surface area (Å²) in [7, 11) is 0. The summed E-state index contributed by atoms with van der Waals surface area (Å²) < 4.78 is 0. The van der Waals surface area contributed by atoms with Crippen LogP contribution in [0, 0.1) is 0 Å². The molecule has 1 amide bonds. The lowest BCUT2D eigenvalue weighted by Gasteiger charge is -2.33. The molecule has 1 aliphatic heterocycles. The Labute approximate surface area is 180 Å². The minimum absolute atomic E-state index is 0.00868. The number of benzene rings is 2. The first-order valence-corrected chi connectivity index (χ1v) is 10.8. The smallest absolute Gasteiger partial charge is 0.271 e. The summed E-state index contributed by atoms with van der Waals surface area (Å²) in [6.07, 6.45) is 0.149. The van der Waals surface area contributed by atoms with Crippen LogP contribution in [0.25, 0.3) is 0 Å². The second kappa shape index (κ2) is 8.42. The molecule has 0 radical (unpaired) electrons. The fourth-order valence-electron chi connectivity index (χ4n) is 3.61. The van der Waals surface area contributed by atoms with E-state index in [1.807, 2.05) is 86.0 Å². The van der Waals surface area contributed by atoms with Gasteiger partial charge in [0.25, 0.3) is 5.91 Å². The van der Waals surface area contributed by atoms with Gasteiger partial charge >= 0.3 is 0 Å². The third-order valence-electron chi connectivity index (χ3n) is 5.17. The first-order chi connectivity index (χ1) is 14.5. The summed E-state index contributed by atoms with van der Waals surface area (Å²) in [6, 6.07) is 20.6. The Balaban J connectivity index is 1.71. The lowest BCUT2D eigenvalue weighted by molar-refractivity contribution is -0.209. The van der Waals surface area contributed by atoms with Crippen LogP contribution in [0.2, 0.25) is 0 Å². The van der Waals surface area contributed by atoms with Gasteiger partial charge in [-0.3, -0.25) is 14.4 Å². The average molecular weight is 421 g/mol. The Hall–Kier alpha value is -2.96. The molecule has 0 saturated heterocycles.